The second-order valence-corrected chi connectivity index (χ2v) is 6.55. The van der Waals surface area contributed by atoms with Gasteiger partial charge in [-0.1, -0.05) is 0 Å². The molecule has 0 aromatic heterocycles. The van der Waals surface area contributed by atoms with Crippen LogP contribution in [0.3, 0.4) is 0 Å². The Morgan fingerprint density at radius 1 is 1.00 bits per heavy atom. The van der Waals surface area contributed by atoms with E-state index in [2.05, 4.69) is 0 Å². The Bertz CT molecular complexity index is 280. The van der Waals surface area contributed by atoms with Crippen LogP contribution in [-0.4, -0.2) is 52.7 Å². The molecule has 0 saturated heterocycles. The van der Waals surface area contributed by atoms with Gasteiger partial charge in [-0.3, -0.25) is 14.9 Å². The third-order valence-corrected chi connectivity index (χ3v) is 3.63. The fourth-order valence-corrected chi connectivity index (χ4v) is 1.71. The molecule has 13 N–H and O–H groups in total. The predicted molar refractivity (Wildman–Crippen MR) is 58.2 cm³/mol. The molecule has 0 rings (SSSR count). The highest BCUT2D eigenvalue weighted by molar-refractivity contribution is 7.53. The highest BCUT2D eigenvalue weighted by Crippen LogP contribution is 2.48. The quantitative estimate of drug-likeness (QED) is 0.216. The fourth-order valence-electron chi connectivity index (χ4n) is 0.691. The van der Waals surface area contributed by atoms with Crippen LogP contribution in [0.2, 0.25) is 0 Å². The van der Waals surface area contributed by atoms with Crippen molar-refractivity contribution in [2.75, 3.05) is 6.16 Å². The lowest BCUT2D eigenvalue weighted by Gasteiger charge is -2.23. The summed E-state index contributed by atoms with van der Waals surface area (Å²) in [4.78, 5) is 33.9. The molecule has 17 heavy (non-hydrogen) atoms. The highest BCUT2D eigenvalue weighted by atomic mass is 31.2. The number of rotatable bonds is 5. The fraction of sp³-hybridized carbons (Fsp3) is 1.00. The van der Waals surface area contributed by atoms with Crippen molar-refractivity contribution in [2.24, 2.45) is 5.73 Å². The van der Waals surface area contributed by atoms with E-state index in [0.29, 0.717) is 0 Å². The summed E-state index contributed by atoms with van der Waals surface area (Å²) in [5.41, 5.74) is 2.14. The van der Waals surface area contributed by atoms with Crippen LogP contribution in [0.4, 0.5) is 0 Å². The molecule has 0 aromatic carbocycles. The summed E-state index contributed by atoms with van der Waals surface area (Å²) < 4.78 is 20.9. The second kappa shape index (κ2) is 8.25. The van der Waals surface area contributed by atoms with Crippen molar-refractivity contribution in [3.05, 3.63) is 0 Å². The molecule has 0 amide bonds. The third-order valence-electron chi connectivity index (χ3n) is 1.50. The summed E-state index contributed by atoms with van der Waals surface area (Å²) in [5, 5.41) is 9.01. The zero-order valence-electron chi connectivity index (χ0n) is 8.65. The lowest BCUT2D eigenvalue weighted by Crippen LogP contribution is -2.39. The van der Waals surface area contributed by atoms with Crippen molar-refractivity contribution in [2.45, 2.75) is 18.3 Å². The largest absolute Gasteiger partial charge is 0.412 e. The summed E-state index contributed by atoms with van der Waals surface area (Å²) in [5.74, 6) is 0. The Labute approximate surface area is 96.5 Å². The van der Waals surface area contributed by atoms with Gasteiger partial charge in [0.05, 0.1) is 0 Å². The van der Waals surface area contributed by atoms with Crippen LogP contribution >= 0.6 is 15.2 Å². The first-order chi connectivity index (χ1) is 5.96. The van der Waals surface area contributed by atoms with Crippen molar-refractivity contribution in [3.63, 3.8) is 0 Å². The molecule has 0 spiro atoms. The summed E-state index contributed by atoms with van der Waals surface area (Å²) in [7, 11) is -9.09. The maximum atomic E-state index is 10.5. The minimum Gasteiger partial charge on any atom is -0.412 e. The molecule has 13 heteroatoms. The maximum Gasteiger partial charge on any atom is 0.371 e. The highest BCUT2D eigenvalue weighted by Gasteiger charge is 2.41. The van der Waals surface area contributed by atoms with Crippen molar-refractivity contribution in [3.8, 4) is 0 Å². The molecule has 0 radical (unpaired) electrons. The molecule has 1 atom stereocenters. The molecule has 0 heterocycles. The van der Waals surface area contributed by atoms with E-state index < -0.39 is 33.2 Å². The lowest BCUT2D eigenvalue weighted by atomic mass is 10.3. The molecule has 0 aliphatic rings. The van der Waals surface area contributed by atoms with E-state index in [0.717, 1.165) is 0 Å². The number of hydrogen-bond donors (Lipinski definition) is 6. The number of hydrogen-bond acceptors (Lipinski definition) is 4. The Morgan fingerprint density at radius 3 is 1.59 bits per heavy atom. The average Bonchev–Trinajstić information content (AvgIpc) is 1.80. The van der Waals surface area contributed by atoms with Crippen LogP contribution in [0.1, 0.15) is 12.8 Å². The molecular formula is C4H19NO10P2. The normalized spacial score (nSPS) is 14.7. The number of aliphatic hydroxyl groups is 1. The van der Waals surface area contributed by atoms with Gasteiger partial charge in [0, 0.05) is 12.6 Å². The predicted octanol–water partition coefficient (Wildman–Crippen LogP) is -3.75. The summed E-state index contributed by atoms with van der Waals surface area (Å²) in [6, 6.07) is 0. The lowest BCUT2D eigenvalue weighted by molar-refractivity contribution is 0.0877. The van der Waals surface area contributed by atoms with Gasteiger partial charge in [-0.25, -0.2) is 0 Å². The van der Waals surface area contributed by atoms with Crippen molar-refractivity contribution in [1.29, 1.82) is 0 Å². The molecule has 1 unspecified atom stereocenters. The molecule has 0 saturated carbocycles. The van der Waals surface area contributed by atoms with Crippen LogP contribution in [-0.2, 0) is 9.13 Å². The van der Waals surface area contributed by atoms with E-state index in [1.807, 2.05) is 0 Å². The van der Waals surface area contributed by atoms with Gasteiger partial charge < -0.3 is 41.1 Å². The third kappa shape index (κ3) is 10.9. The first-order valence-electron chi connectivity index (χ1n) is 3.57. The van der Waals surface area contributed by atoms with Gasteiger partial charge >= 0.3 is 15.2 Å². The van der Waals surface area contributed by atoms with E-state index in [1.54, 1.807) is 0 Å². The average molecular weight is 303 g/mol. The molecule has 0 fully saturated rings. The van der Waals surface area contributed by atoms with Gasteiger partial charge in [0.1, 0.15) is 0 Å². The standard InChI is InChI=1S/C4H13NO7P2.3H2O/c5-4(6,14(10,11)12)2-1-3-13(7,8)9;;;/h6H,1-3,5H2,(H2,7,8,9)(H2,10,11,12);3*1H2. The van der Waals surface area contributed by atoms with E-state index in [4.69, 9.17) is 30.4 Å². The van der Waals surface area contributed by atoms with Crippen LogP contribution in [0, 0.1) is 0 Å². The van der Waals surface area contributed by atoms with Gasteiger partial charge in [0.25, 0.3) is 0 Å². The zero-order valence-corrected chi connectivity index (χ0v) is 10.4. The van der Waals surface area contributed by atoms with E-state index in [1.165, 1.54) is 0 Å². The Morgan fingerprint density at radius 2 is 1.35 bits per heavy atom. The van der Waals surface area contributed by atoms with Crippen LogP contribution in [0.25, 0.3) is 0 Å². The van der Waals surface area contributed by atoms with E-state index in [9.17, 15) is 9.13 Å². The molecule has 11 nitrogen and oxygen atoms in total. The van der Waals surface area contributed by atoms with Gasteiger partial charge in [-0.15, -0.1) is 0 Å². The summed E-state index contributed by atoms with van der Waals surface area (Å²) in [6.07, 6.45) is -1.43. The molecule has 0 aliphatic heterocycles. The van der Waals surface area contributed by atoms with Gasteiger partial charge in [0.15, 0.2) is 0 Å². The zero-order chi connectivity index (χ0) is 11.6. The van der Waals surface area contributed by atoms with Gasteiger partial charge in [-0.05, 0) is 6.42 Å². The topological polar surface area (TPSA) is 256 Å². The van der Waals surface area contributed by atoms with E-state index >= 15 is 0 Å². The van der Waals surface area contributed by atoms with E-state index in [-0.39, 0.29) is 22.8 Å². The molecule has 0 aliphatic carbocycles. The van der Waals surface area contributed by atoms with Crippen molar-refractivity contribution >= 4 is 15.2 Å². The summed E-state index contributed by atoms with van der Waals surface area (Å²) in [6.45, 7) is 0. The first-order valence-corrected chi connectivity index (χ1v) is 6.98. The van der Waals surface area contributed by atoms with Crippen molar-refractivity contribution in [1.82, 2.24) is 0 Å². The SMILES string of the molecule is NC(O)(CCCP(=O)(O)O)P(=O)(O)O.O.O.O. The Hall–Kier alpha value is 0.1000. The molecule has 0 aromatic rings. The minimum atomic E-state index is -4.87. The summed E-state index contributed by atoms with van der Waals surface area (Å²) >= 11 is 0. The van der Waals surface area contributed by atoms with Crippen LogP contribution in [0.5, 0.6) is 0 Å². The van der Waals surface area contributed by atoms with Gasteiger partial charge in [0.2, 0.25) is 5.47 Å². The van der Waals surface area contributed by atoms with Gasteiger partial charge in [-0.2, -0.15) is 0 Å². The smallest absolute Gasteiger partial charge is 0.371 e. The number of nitrogens with two attached hydrogens (primary N) is 1. The minimum absolute atomic E-state index is 0. The molecule has 0 bridgehead atoms. The second-order valence-electron chi connectivity index (χ2n) is 2.91. The maximum absolute atomic E-state index is 10.5. The van der Waals surface area contributed by atoms with Crippen LogP contribution in [0.15, 0.2) is 0 Å². The Kier molecular flexibility index (Phi) is 12.5. The first kappa shape index (κ1) is 25.8. The van der Waals surface area contributed by atoms with Crippen LogP contribution < -0.4 is 5.73 Å². The monoisotopic (exact) mass is 303 g/mol. The molecule has 110 valence electrons. The molecular weight excluding hydrogens is 284 g/mol. The van der Waals surface area contributed by atoms with Crippen molar-refractivity contribution < 1.29 is 50.2 Å². The Balaban J connectivity index is -0.000000282.